The molecule has 0 spiro atoms. The van der Waals surface area contributed by atoms with Crippen molar-refractivity contribution < 1.29 is 12.4 Å². The van der Waals surface area contributed by atoms with E-state index in [2.05, 4.69) is 6.92 Å². The summed E-state index contributed by atoms with van der Waals surface area (Å²) in [6.07, 6.45) is 5.22. The van der Waals surface area contributed by atoms with Crippen molar-refractivity contribution in [2.45, 2.75) is 50.5 Å². The van der Waals surface area contributed by atoms with Crippen molar-refractivity contribution in [3.05, 3.63) is 30.3 Å². The van der Waals surface area contributed by atoms with Gasteiger partial charge in [-0.15, -0.1) is 0 Å². The summed E-state index contributed by atoms with van der Waals surface area (Å²) in [5.74, 6) is 0. The fourth-order valence-electron chi connectivity index (χ4n) is 2.04. The van der Waals surface area contributed by atoms with Gasteiger partial charge in [0.05, 0.1) is 0 Å². The predicted octanol–water partition coefficient (Wildman–Crippen LogP) is 3.18. The molecule has 0 amide bonds. The summed E-state index contributed by atoms with van der Waals surface area (Å²) in [5.41, 5.74) is 0. The van der Waals surface area contributed by atoms with E-state index >= 15 is 0 Å². The zero-order chi connectivity index (χ0) is 14.1. The van der Waals surface area contributed by atoms with Crippen molar-refractivity contribution in [1.29, 1.82) is 0 Å². The third-order valence-electron chi connectivity index (χ3n) is 3.22. The Morgan fingerprint density at radius 1 is 1.11 bits per heavy atom. The van der Waals surface area contributed by atoms with Crippen LogP contribution >= 0.6 is 0 Å². The van der Waals surface area contributed by atoms with Gasteiger partial charge in [0.2, 0.25) is 0 Å². The normalized spacial score (nSPS) is 13.4. The molecule has 0 saturated heterocycles. The predicted molar refractivity (Wildman–Crippen MR) is 77.6 cm³/mol. The Morgan fingerprint density at radius 3 is 2.37 bits per heavy atom. The van der Waals surface area contributed by atoms with Gasteiger partial charge in [-0.3, -0.25) is 0 Å². The van der Waals surface area contributed by atoms with Crippen LogP contribution in [0.5, 0.6) is 0 Å². The molecule has 0 N–H and O–H groups in total. The third kappa shape index (κ3) is 5.85. The molecule has 19 heavy (non-hydrogen) atoms. The van der Waals surface area contributed by atoms with Gasteiger partial charge in [0, 0.05) is 0 Å². The molecule has 0 bridgehead atoms. The van der Waals surface area contributed by atoms with Crippen molar-refractivity contribution in [3.63, 3.8) is 0 Å². The number of benzene rings is 1. The zero-order valence-corrected chi connectivity index (χ0v) is 13.6. The molecule has 1 aromatic rings. The molecule has 108 valence electrons. The molecule has 0 radical (unpaired) electrons. The SMILES string of the molecule is CCCCCCC(C[Se](=O)(=O)c1ccccc1)OC. The van der Waals surface area contributed by atoms with Crippen LogP contribution in [0.25, 0.3) is 0 Å². The van der Waals surface area contributed by atoms with E-state index in [1.54, 1.807) is 31.4 Å². The number of ether oxygens (including phenoxy) is 1. The van der Waals surface area contributed by atoms with Gasteiger partial charge < -0.3 is 0 Å². The summed E-state index contributed by atoms with van der Waals surface area (Å²) in [7, 11) is 1.60. The van der Waals surface area contributed by atoms with Crippen LogP contribution in [0.2, 0.25) is 5.32 Å². The fourth-order valence-corrected chi connectivity index (χ4v) is 5.30. The first-order valence-corrected chi connectivity index (χ1v) is 10.4. The van der Waals surface area contributed by atoms with Gasteiger partial charge in [-0.25, -0.2) is 0 Å². The van der Waals surface area contributed by atoms with Crippen molar-refractivity contribution >= 4 is 17.2 Å². The molecule has 0 fully saturated rings. The van der Waals surface area contributed by atoms with Crippen LogP contribution < -0.4 is 4.46 Å². The van der Waals surface area contributed by atoms with Crippen LogP contribution in [0, 0.1) is 0 Å². The molecule has 0 aliphatic heterocycles. The Labute approximate surface area is 118 Å². The number of rotatable bonds is 9. The van der Waals surface area contributed by atoms with E-state index < -0.39 is 12.7 Å². The minimum absolute atomic E-state index is 0.142. The van der Waals surface area contributed by atoms with Gasteiger partial charge in [-0.05, 0) is 0 Å². The summed E-state index contributed by atoms with van der Waals surface area (Å²) >= 11 is -4.05. The molecule has 0 saturated carbocycles. The Hall–Kier alpha value is -0.701. The van der Waals surface area contributed by atoms with E-state index in [0.717, 1.165) is 19.3 Å². The molecular weight excluding hydrogens is 307 g/mol. The summed E-state index contributed by atoms with van der Waals surface area (Å²) in [6.45, 7) is 2.16. The van der Waals surface area contributed by atoms with Crippen molar-refractivity contribution in [1.82, 2.24) is 0 Å². The van der Waals surface area contributed by atoms with Gasteiger partial charge >= 0.3 is 117 Å². The molecule has 0 aromatic heterocycles. The first-order valence-electron chi connectivity index (χ1n) is 6.90. The molecule has 0 aliphatic carbocycles. The molecule has 4 heteroatoms. The van der Waals surface area contributed by atoms with Crippen molar-refractivity contribution in [2.24, 2.45) is 0 Å². The Kier molecular flexibility index (Phi) is 7.29. The Morgan fingerprint density at radius 2 is 1.79 bits per heavy atom. The number of hydrogen-bond donors (Lipinski definition) is 0. The molecule has 1 unspecified atom stereocenters. The summed E-state index contributed by atoms with van der Waals surface area (Å²) in [5, 5.41) is 0.142. The Balaban J connectivity index is 2.55. The van der Waals surface area contributed by atoms with Crippen LogP contribution in [0.4, 0.5) is 0 Å². The second-order valence-corrected chi connectivity index (χ2v) is 9.07. The van der Waals surface area contributed by atoms with Crippen molar-refractivity contribution in [2.75, 3.05) is 7.11 Å². The average molecular weight is 331 g/mol. The number of unbranched alkanes of at least 4 members (excludes halogenated alkanes) is 3. The topological polar surface area (TPSA) is 43.4 Å². The maximum atomic E-state index is 12.3. The summed E-state index contributed by atoms with van der Waals surface area (Å²) in [6, 6.07) is 8.70. The second kappa shape index (κ2) is 8.47. The summed E-state index contributed by atoms with van der Waals surface area (Å²) < 4.78 is 30.3. The molecule has 1 rings (SSSR count). The maximum absolute atomic E-state index is 12.3. The van der Waals surface area contributed by atoms with E-state index in [9.17, 15) is 7.67 Å². The average Bonchev–Trinajstić information content (AvgIpc) is 2.43. The van der Waals surface area contributed by atoms with Gasteiger partial charge in [0.1, 0.15) is 0 Å². The molecule has 0 heterocycles. The number of methoxy groups -OCH3 is 1. The molecule has 0 aliphatic rings. The second-order valence-electron chi connectivity index (χ2n) is 4.80. The zero-order valence-electron chi connectivity index (χ0n) is 11.8. The van der Waals surface area contributed by atoms with Crippen LogP contribution in [-0.4, -0.2) is 25.9 Å². The first kappa shape index (κ1) is 16.4. The molecule has 3 nitrogen and oxygen atoms in total. The standard InChI is InChI=1S/C15H24O3Se/c1-3-4-5-7-10-14(18-2)13-19(16,17)15-11-8-6-9-12-15/h6,8-9,11-12,14H,3-5,7,10,13H2,1-2H3. The van der Waals surface area contributed by atoms with Crippen LogP contribution in [-0.2, 0) is 12.4 Å². The summed E-state index contributed by atoms with van der Waals surface area (Å²) in [4.78, 5) is 0. The van der Waals surface area contributed by atoms with Crippen LogP contribution in [0.1, 0.15) is 39.0 Å². The van der Waals surface area contributed by atoms with E-state index in [1.807, 2.05) is 6.07 Å². The minimum atomic E-state index is -4.05. The van der Waals surface area contributed by atoms with E-state index in [-0.39, 0.29) is 11.4 Å². The van der Waals surface area contributed by atoms with E-state index in [4.69, 9.17) is 4.74 Å². The van der Waals surface area contributed by atoms with Gasteiger partial charge in [-0.1, -0.05) is 0 Å². The van der Waals surface area contributed by atoms with Crippen LogP contribution in [0.15, 0.2) is 30.3 Å². The van der Waals surface area contributed by atoms with E-state index in [0.29, 0.717) is 4.46 Å². The van der Waals surface area contributed by atoms with Crippen LogP contribution in [0.3, 0.4) is 0 Å². The first-order chi connectivity index (χ1) is 9.10. The van der Waals surface area contributed by atoms with Gasteiger partial charge in [-0.2, -0.15) is 0 Å². The number of hydrogen-bond acceptors (Lipinski definition) is 3. The van der Waals surface area contributed by atoms with E-state index in [1.165, 1.54) is 12.8 Å². The molecule has 1 atom stereocenters. The molecule has 1 aromatic carbocycles. The third-order valence-corrected chi connectivity index (χ3v) is 7.00. The quantitative estimate of drug-likeness (QED) is 0.516. The fraction of sp³-hybridized carbons (Fsp3) is 0.600. The molecular formula is C15H24O3Se. The van der Waals surface area contributed by atoms with Gasteiger partial charge in [0.25, 0.3) is 0 Å². The van der Waals surface area contributed by atoms with Gasteiger partial charge in [0.15, 0.2) is 0 Å². The van der Waals surface area contributed by atoms with Crippen molar-refractivity contribution in [3.8, 4) is 0 Å². The Bertz CT molecular complexity index is 440. The monoisotopic (exact) mass is 332 g/mol.